The number of anilines is 1. The third kappa shape index (κ3) is 4.85. The van der Waals surface area contributed by atoms with Gasteiger partial charge in [-0.05, 0) is 67.3 Å². The molecule has 4 nitrogen and oxygen atoms in total. The van der Waals surface area contributed by atoms with E-state index in [1.54, 1.807) is 12.1 Å². The number of halogens is 2. The summed E-state index contributed by atoms with van der Waals surface area (Å²) in [6.07, 6.45) is 1.47. The molecular formula is C21H26ClFN2O2S. The normalized spacial score (nSPS) is 16.5. The van der Waals surface area contributed by atoms with Crippen LogP contribution in [0.3, 0.4) is 0 Å². The molecule has 152 valence electrons. The Morgan fingerprint density at radius 2 is 1.64 bits per heavy atom. The lowest BCUT2D eigenvalue weighted by molar-refractivity contribution is 0.194. The van der Waals surface area contributed by atoms with Crippen LogP contribution in [-0.4, -0.2) is 39.0 Å². The van der Waals surface area contributed by atoms with Crippen LogP contribution >= 0.6 is 11.6 Å². The number of hydrogen-bond donors (Lipinski definition) is 0. The summed E-state index contributed by atoms with van der Waals surface area (Å²) < 4.78 is 41.8. The van der Waals surface area contributed by atoms with Crippen molar-refractivity contribution in [2.45, 2.75) is 37.6 Å². The number of nitrogens with zero attached hydrogens (tertiary/aromatic N) is 2. The van der Waals surface area contributed by atoms with Gasteiger partial charge in [-0.3, -0.25) is 4.31 Å². The highest BCUT2D eigenvalue weighted by Gasteiger charge is 2.34. The average Bonchev–Trinajstić information content (AvgIpc) is 2.65. The lowest BCUT2D eigenvalue weighted by atomic mass is 10.0. The minimum atomic E-state index is -3.79. The summed E-state index contributed by atoms with van der Waals surface area (Å²) in [4.78, 5) is 2.56. The molecule has 2 aromatic carbocycles. The summed E-state index contributed by atoms with van der Waals surface area (Å²) in [5, 5.41) is 0.481. The third-order valence-electron chi connectivity index (χ3n) is 4.96. The van der Waals surface area contributed by atoms with E-state index in [1.165, 1.54) is 40.7 Å². The Balaban J connectivity index is 1.92. The van der Waals surface area contributed by atoms with Gasteiger partial charge in [0.25, 0.3) is 10.0 Å². The van der Waals surface area contributed by atoms with E-state index < -0.39 is 10.0 Å². The van der Waals surface area contributed by atoms with Gasteiger partial charge in [0.1, 0.15) is 5.82 Å². The number of hydrogen-bond acceptors (Lipinski definition) is 3. The van der Waals surface area contributed by atoms with Crippen LogP contribution in [0.1, 0.15) is 26.7 Å². The van der Waals surface area contributed by atoms with Crippen LogP contribution in [0.2, 0.25) is 5.02 Å². The van der Waals surface area contributed by atoms with Gasteiger partial charge in [0, 0.05) is 30.7 Å². The monoisotopic (exact) mass is 424 g/mol. The minimum absolute atomic E-state index is 0.172. The zero-order valence-corrected chi connectivity index (χ0v) is 17.8. The highest BCUT2D eigenvalue weighted by Crippen LogP contribution is 2.31. The van der Waals surface area contributed by atoms with Crippen molar-refractivity contribution < 1.29 is 12.8 Å². The Bertz CT molecular complexity index is 878. The van der Waals surface area contributed by atoms with Crippen molar-refractivity contribution >= 4 is 27.3 Å². The van der Waals surface area contributed by atoms with Gasteiger partial charge in [-0.2, -0.15) is 0 Å². The van der Waals surface area contributed by atoms with Crippen molar-refractivity contribution in [3.05, 3.63) is 59.4 Å². The van der Waals surface area contributed by atoms with Crippen LogP contribution in [0.15, 0.2) is 53.4 Å². The van der Waals surface area contributed by atoms with Gasteiger partial charge in [-0.25, -0.2) is 12.8 Å². The number of sulfonamides is 1. The molecule has 1 aliphatic rings. The highest BCUT2D eigenvalue weighted by atomic mass is 35.5. The van der Waals surface area contributed by atoms with Crippen molar-refractivity contribution in [2.75, 3.05) is 23.9 Å². The van der Waals surface area contributed by atoms with Gasteiger partial charge < -0.3 is 4.90 Å². The molecule has 1 aliphatic heterocycles. The first kappa shape index (κ1) is 21.1. The van der Waals surface area contributed by atoms with Gasteiger partial charge in [-0.1, -0.05) is 25.4 Å². The highest BCUT2D eigenvalue weighted by molar-refractivity contribution is 7.92. The first-order chi connectivity index (χ1) is 13.3. The van der Waals surface area contributed by atoms with E-state index in [-0.39, 0.29) is 16.8 Å². The molecule has 1 fully saturated rings. The van der Waals surface area contributed by atoms with Gasteiger partial charge in [-0.15, -0.1) is 0 Å². The molecule has 7 heteroatoms. The molecule has 0 amide bonds. The van der Waals surface area contributed by atoms with Gasteiger partial charge in [0.15, 0.2) is 0 Å². The van der Waals surface area contributed by atoms with Crippen LogP contribution < -0.4 is 4.31 Å². The van der Waals surface area contributed by atoms with Crippen molar-refractivity contribution in [1.29, 1.82) is 0 Å². The summed E-state index contributed by atoms with van der Waals surface area (Å²) in [6, 6.07) is 11.7. The maximum atomic E-state index is 13.5. The second kappa shape index (κ2) is 8.80. The maximum Gasteiger partial charge on any atom is 0.264 e. The Labute approximate surface area is 172 Å². The van der Waals surface area contributed by atoms with Crippen molar-refractivity contribution in [3.63, 3.8) is 0 Å². The van der Waals surface area contributed by atoms with Crippen LogP contribution in [0, 0.1) is 11.7 Å². The molecule has 0 aliphatic carbocycles. The molecule has 2 aromatic rings. The van der Waals surface area contributed by atoms with E-state index in [0.29, 0.717) is 16.6 Å². The first-order valence-corrected chi connectivity index (χ1v) is 11.4. The summed E-state index contributed by atoms with van der Waals surface area (Å²) in [7, 11) is -3.79. The number of piperidine rings is 1. The number of benzene rings is 2. The van der Waals surface area contributed by atoms with E-state index in [2.05, 4.69) is 18.7 Å². The van der Waals surface area contributed by atoms with Crippen LogP contribution in [0.5, 0.6) is 0 Å². The first-order valence-electron chi connectivity index (χ1n) is 9.55. The quantitative estimate of drug-likeness (QED) is 0.669. The Morgan fingerprint density at radius 1 is 1.07 bits per heavy atom. The smallest absolute Gasteiger partial charge is 0.264 e. The molecule has 3 rings (SSSR count). The summed E-state index contributed by atoms with van der Waals surface area (Å²) >= 11 is 5.93. The van der Waals surface area contributed by atoms with Crippen molar-refractivity contribution in [1.82, 2.24) is 4.90 Å². The van der Waals surface area contributed by atoms with E-state index in [4.69, 9.17) is 11.6 Å². The molecule has 0 N–H and O–H groups in total. The Morgan fingerprint density at radius 3 is 2.18 bits per heavy atom. The minimum Gasteiger partial charge on any atom is -0.303 e. The van der Waals surface area contributed by atoms with Crippen molar-refractivity contribution in [3.8, 4) is 0 Å². The zero-order chi connectivity index (χ0) is 20.3. The molecule has 0 bridgehead atoms. The molecule has 1 saturated heterocycles. The van der Waals surface area contributed by atoms with Crippen LogP contribution in [0.25, 0.3) is 0 Å². The number of rotatable bonds is 6. The second-order valence-corrected chi connectivity index (χ2v) is 9.91. The topological polar surface area (TPSA) is 40.6 Å². The summed E-state index contributed by atoms with van der Waals surface area (Å²) in [6.45, 7) is 7.06. The molecule has 0 aromatic heterocycles. The largest absolute Gasteiger partial charge is 0.303 e. The second-order valence-electron chi connectivity index (χ2n) is 7.66. The number of likely N-dealkylation sites (tertiary alicyclic amines) is 1. The van der Waals surface area contributed by atoms with E-state index >= 15 is 0 Å². The van der Waals surface area contributed by atoms with E-state index in [0.717, 1.165) is 32.5 Å². The Hall–Kier alpha value is -1.63. The molecule has 0 radical (unpaired) electrons. The molecule has 0 atom stereocenters. The Kier molecular flexibility index (Phi) is 6.63. The standard InChI is InChI=1S/C21H26ClFN2O2S/c1-16(2)15-24-13-11-20(12-14-24)25(19-7-5-18(23)6-8-19)28(26,27)21-9-3-17(22)4-10-21/h3-10,16,20H,11-15H2,1-2H3. The van der Waals surface area contributed by atoms with Crippen LogP contribution in [0.4, 0.5) is 10.1 Å². The lowest BCUT2D eigenvalue weighted by Gasteiger charge is -2.39. The maximum absolute atomic E-state index is 13.5. The average molecular weight is 425 g/mol. The summed E-state index contributed by atoms with van der Waals surface area (Å²) in [5.74, 6) is 0.182. The lowest BCUT2D eigenvalue weighted by Crippen LogP contribution is -2.48. The van der Waals surface area contributed by atoms with Gasteiger partial charge in [0.2, 0.25) is 0 Å². The molecule has 0 spiro atoms. The molecule has 0 unspecified atom stereocenters. The molecule has 28 heavy (non-hydrogen) atoms. The zero-order valence-electron chi connectivity index (χ0n) is 16.2. The fourth-order valence-electron chi connectivity index (χ4n) is 3.71. The van der Waals surface area contributed by atoms with Gasteiger partial charge >= 0.3 is 0 Å². The van der Waals surface area contributed by atoms with E-state index in [9.17, 15) is 12.8 Å². The fraction of sp³-hybridized carbons (Fsp3) is 0.429. The molecule has 0 saturated carbocycles. The van der Waals surface area contributed by atoms with Gasteiger partial charge in [0.05, 0.1) is 10.6 Å². The van der Waals surface area contributed by atoms with Crippen molar-refractivity contribution in [2.24, 2.45) is 5.92 Å². The fourth-order valence-corrected chi connectivity index (χ4v) is 5.54. The predicted octanol–water partition coefficient (Wildman–Crippen LogP) is 4.79. The molecule has 1 heterocycles. The summed E-state index contributed by atoms with van der Waals surface area (Å²) in [5.41, 5.74) is 0.485. The SMILES string of the molecule is CC(C)CN1CCC(N(c2ccc(F)cc2)S(=O)(=O)c2ccc(Cl)cc2)CC1. The van der Waals surface area contributed by atoms with Crippen LogP contribution in [-0.2, 0) is 10.0 Å². The predicted molar refractivity (Wildman–Crippen MR) is 112 cm³/mol. The third-order valence-corrected chi connectivity index (χ3v) is 7.11. The van der Waals surface area contributed by atoms with E-state index in [1.807, 2.05) is 0 Å². The molecular weight excluding hydrogens is 399 g/mol.